The summed E-state index contributed by atoms with van der Waals surface area (Å²) >= 11 is 0. The van der Waals surface area contributed by atoms with Crippen molar-refractivity contribution >= 4 is 5.97 Å². The smallest absolute Gasteiger partial charge is 0.323 e. The Morgan fingerprint density at radius 2 is 2.00 bits per heavy atom. The average molecular weight is 283 g/mol. The van der Waals surface area contributed by atoms with Gasteiger partial charge in [-0.15, -0.1) is 0 Å². The lowest BCUT2D eigenvalue weighted by atomic mass is 9.88. The van der Waals surface area contributed by atoms with Crippen LogP contribution in [0.3, 0.4) is 0 Å². The van der Waals surface area contributed by atoms with Gasteiger partial charge in [-0.05, 0) is 38.3 Å². The van der Waals surface area contributed by atoms with Gasteiger partial charge >= 0.3 is 5.97 Å². The number of rotatable bonds is 4. The van der Waals surface area contributed by atoms with Crippen molar-refractivity contribution in [2.24, 2.45) is 0 Å². The second-order valence-corrected chi connectivity index (χ2v) is 5.50. The molecule has 1 aliphatic rings. The Bertz CT molecular complexity index is 475. The molecule has 3 nitrogen and oxygen atoms in total. The number of carboxylic acid groups (broad SMARTS) is 1. The van der Waals surface area contributed by atoms with Gasteiger partial charge in [0.05, 0.1) is 0 Å². The quantitative estimate of drug-likeness (QED) is 0.920. The molecule has 1 N–H and O–H groups in total. The van der Waals surface area contributed by atoms with Crippen LogP contribution >= 0.6 is 0 Å². The molecular formula is C15H19F2NO2. The number of alkyl halides is 2. The summed E-state index contributed by atoms with van der Waals surface area (Å²) in [5, 5.41) is 9.42. The van der Waals surface area contributed by atoms with Crippen molar-refractivity contribution in [3.8, 4) is 0 Å². The number of piperidine rings is 1. The summed E-state index contributed by atoms with van der Waals surface area (Å²) in [5.74, 6) is -0.818. The van der Waals surface area contributed by atoms with Crippen LogP contribution in [-0.2, 0) is 11.3 Å². The van der Waals surface area contributed by atoms with Crippen LogP contribution in [-0.4, -0.2) is 28.1 Å². The molecule has 0 bridgehead atoms. The Morgan fingerprint density at radius 1 is 1.35 bits per heavy atom. The molecular weight excluding hydrogens is 264 g/mol. The fourth-order valence-corrected chi connectivity index (χ4v) is 2.66. The van der Waals surface area contributed by atoms with Crippen LogP contribution in [0.15, 0.2) is 24.3 Å². The zero-order valence-corrected chi connectivity index (χ0v) is 11.5. The summed E-state index contributed by atoms with van der Waals surface area (Å²) in [6, 6.07) is 6.11. The summed E-state index contributed by atoms with van der Waals surface area (Å²) in [4.78, 5) is 13.4. The van der Waals surface area contributed by atoms with Gasteiger partial charge in [-0.1, -0.05) is 24.3 Å². The largest absolute Gasteiger partial charge is 0.480 e. The number of aliphatic carboxylic acids is 1. The third-order valence-corrected chi connectivity index (χ3v) is 4.11. The highest BCUT2D eigenvalue weighted by atomic mass is 19.3. The average Bonchev–Trinajstić information content (AvgIpc) is 2.42. The van der Waals surface area contributed by atoms with Crippen LogP contribution in [0.25, 0.3) is 0 Å². The molecule has 110 valence electrons. The Hall–Kier alpha value is -1.49. The van der Waals surface area contributed by atoms with Gasteiger partial charge in [0.15, 0.2) is 0 Å². The second kappa shape index (κ2) is 5.87. The minimum atomic E-state index is -2.47. The van der Waals surface area contributed by atoms with Gasteiger partial charge in [-0.25, -0.2) is 8.78 Å². The molecule has 1 aromatic rings. The highest BCUT2D eigenvalue weighted by molar-refractivity contribution is 5.78. The predicted octanol–water partition coefficient (Wildman–Crippen LogP) is 3.45. The molecule has 20 heavy (non-hydrogen) atoms. The normalized spacial score (nSPS) is 24.0. The van der Waals surface area contributed by atoms with Gasteiger partial charge in [0.2, 0.25) is 0 Å². The van der Waals surface area contributed by atoms with Crippen molar-refractivity contribution in [1.82, 2.24) is 4.90 Å². The summed E-state index contributed by atoms with van der Waals surface area (Å²) < 4.78 is 25.0. The summed E-state index contributed by atoms with van der Waals surface area (Å²) in [6.07, 6.45) is 0.0299. The van der Waals surface area contributed by atoms with E-state index in [1.807, 2.05) is 4.90 Å². The molecule has 0 aliphatic carbocycles. The molecule has 0 saturated carbocycles. The topological polar surface area (TPSA) is 40.5 Å². The molecule has 1 aliphatic heterocycles. The maximum absolute atomic E-state index is 12.5. The van der Waals surface area contributed by atoms with Crippen LogP contribution < -0.4 is 0 Å². The minimum absolute atomic E-state index is 0.00612. The third kappa shape index (κ3) is 2.98. The molecule has 1 fully saturated rings. The molecule has 1 aromatic carbocycles. The van der Waals surface area contributed by atoms with E-state index in [9.17, 15) is 18.7 Å². The monoisotopic (exact) mass is 283 g/mol. The maximum Gasteiger partial charge on any atom is 0.323 e. The molecule has 5 heteroatoms. The molecule has 1 saturated heterocycles. The summed E-state index contributed by atoms with van der Waals surface area (Å²) in [5.41, 5.74) is -0.00299. The Kier molecular flexibility index (Phi) is 4.38. The molecule has 0 amide bonds. The zero-order chi connectivity index (χ0) is 14.8. The van der Waals surface area contributed by atoms with Crippen LogP contribution in [0, 0.1) is 0 Å². The lowest BCUT2D eigenvalue weighted by molar-refractivity contribution is -0.153. The molecule has 1 atom stereocenters. The van der Waals surface area contributed by atoms with Crippen LogP contribution in [0.5, 0.6) is 0 Å². The van der Waals surface area contributed by atoms with E-state index in [-0.39, 0.29) is 5.56 Å². The first-order valence-electron chi connectivity index (χ1n) is 6.79. The van der Waals surface area contributed by atoms with Gasteiger partial charge in [0.1, 0.15) is 5.54 Å². The number of hydrogen-bond donors (Lipinski definition) is 1. The van der Waals surface area contributed by atoms with Gasteiger partial charge in [-0.3, -0.25) is 9.69 Å². The first kappa shape index (κ1) is 14.9. The summed E-state index contributed by atoms with van der Waals surface area (Å²) in [6.45, 7) is 2.94. The first-order chi connectivity index (χ1) is 9.43. The number of hydrogen-bond acceptors (Lipinski definition) is 2. The predicted molar refractivity (Wildman–Crippen MR) is 71.7 cm³/mol. The Labute approximate surface area is 117 Å². The van der Waals surface area contributed by atoms with E-state index in [1.165, 1.54) is 12.1 Å². The fraction of sp³-hybridized carbons (Fsp3) is 0.533. The minimum Gasteiger partial charge on any atom is -0.480 e. The fourth-order valence-electron chi connectivity index (χ4n) is 2.66. The van der Waals surface area contributed by atoms with Gasteiger partial charge < -0.3 is 5.11 Å². The van der Waals surface area contributed by atoms with E-state index < -0.39 is 17.9 Å². The lowest BCUT2D eigenvalue weighted by Gasteiger charge is -2.41. The molecule has 1 unspecified atom stereocenters. The zero-order valence-electron chi connectivity index (χ0n) is 11.5. The van der Waals surface area contributed by atoms with Gasteiger partial charge in [-0.2, -0.15) is 0 Å². The van der Waals surface area contributed by atoms with Crippen molar-refractivity contribution in [3.05, 3.63) is 35.4 Å². The molecule has 2 rings (SSSR count). The van der Waals surface area contributed by atoms with E-state index in [0.29, 0.717) is 13.0 Å². The number of nitrogens with zero attached hydrogens (tertiary/aromatic N) is 1. The molecule has 0 spiro atoms. The van der Waals surface area contributed by atoms with E-state index in [1.54, 1.807) is 19.1 Å². The van der Waals surface area contributed by atoms with Crippen molar-refractivity contribution in [3.63, 3.8) is 0 Å². The molecule has 1 heterocycles. The highest BCUT2D eigenvalue weighted by Gasteiger charge is 2.41. The van der Waals surface area contributed by atoms with E-state index in [4.69, 9.17) is 0 Å². The number of carbonyl (C=O) groups is 1. The second-order valence-electron chi connectivity index (χ2n) is 5.50. The number of carboxylic acids is 1. The van der Waals surface area contributed by atoms with Crippen LogP contribution in [0.2, 0.25) is 0 Å². The molecule has 0 aromatic heterocycles. The van der Waals surface area contributed by atoms with Gasteiger partial charge in [0, 0.05) is 12.1 Å². The number of halogens is 2. The van der Waals surface area contributed by atoms with Crippen molar-refractivity contribution in [1.29, 1.82) is 0 Å². The van der Waals surface area contributed by atoms with Crippen molar-refractivity contribution < 1.29 is 18.7 Å². The summed E-state index contributed by atoms with van der Waals surface area (Å²) in [7, 11) is 0. The van der Waals surface area contributed by atoms with E-state index >= 15 is 0 Å². The van der Waals surface area contributed by atoms with Crippen LogP contribution in [0.4, 0.5) is 8.78 Å². The maximum atomic E-state index is 12.5. The Morgan fingerprint density at radius 3 is 2.55 bits per heavy atom. The third-order valence-electron chi connectivity index (χ3n) is 4.11. The number of likely N-dealkylation sites (tertiary alicyclic amines) is 1. The SMILES string of the molecule is CC1(C(=O)O)CCCCN1Cc1ccc(C(F)F)cc1. The molecule has 0 radical (unpaired) electrons. The lowest BCUT2D eigenvalue weighted by Crippen LogP contribution is -2.54. The highest BCUT2D eigenvalue weighted by Crippen LogP contribution is 2.30. The Balaban J connectivity index is 2.13. The standard InChI is InChI=1S/C15H19F2NO2/c1-15(14(19)20)8-2-3-9-18(15)10-11-4-6-12(7-5-11)13(16)17/h4-7,13H,2-3,8-10H2,1H3,(H,19,20). The van der Waals surface area contributed by atoms with Crippen molar-refractivity contribution in [2.75, 3.05) is 6.54 Å². The number of benzene rings is 1. The van der Waals surface area contributed by atoms with Gasteiger partial charge in [0.25, 0.3) is 6.43 Å². The first-order valence-corrected chi connectivity index (χ1v) is 6.79. The van der Waals surface area contributed by atoms with Crippen molar-refractivity contribution in [2.45, 2.75) is 44.7 Å². The van der Waals surface area contributed by atoms with Crippen LogP contribution in [0.1, 0.15) is 43.7 Å². The van der Waals surface area contributed by atoms with E-state index in [2.05, 4.69) is 0 Å². The van der Waals surface area contributed by atoms with E-state index in [0.717, 1.165) is 24.9 Å².